The van der Waals surface area contributed by atoms with E-state index in [-0.39, 0.29) is 0 Å². The number of nitrogens with one attached hydrogen (secondary N) is 1. The third kappa shape index (κ3) is 1.71. The van der Waals surface area contributed by atoms with Crippen LogP contribution in [-0.2, 0) is 0 Å². The third-order valence-corrected chi connectivity index (χ3v) is 2.01. The highest BCUT2D eigenvalue weighted by Crippen LogP contribution is 2.24. The van der Waals surface area contributed by atoms with E-state index in [2.05, 4.69) is 4.98 Å². The number of hydrogen-bond acceptors (Lipinski definition) is 2. The van der Waals surface area contributed by atoms with Crippen molar-refractivity contribution in [1.82, 2.24) is 4.98 Å². The van der Waals surface area contributed by atoms with Crippen LogP contribution in [-0.4, -0.2) is 4.98 Å². The van der Waals surface area contributed by atoms with Crippen molar-refractivity contribution in [2.45, 2.75) is 6.92 Å². The van der Waals surface area contributed by atoms with Crippen molar-refractivity contribution in [2.75, 3.05) is 5.73 Å². The molecule has 0 saturated carbocycles. The zero-order chi connectivity index (χ0) is 9.97. The fraction of sp³-hybridized carbons (Fsp3) is 0.0909. The number of aryl methyl sites for hydroxylation is 1. The molecule has 3 N–H and O–H groups in total. The highest BCUT2D eigenvalue weighted by atomic mass is 16.5. The van der Waals surface area contributed by atoms with Gasteiger partial charge in [-0.3, -0.25) is 0 Å². The molecule has 0 aliphatic carbocycles. The minimum absolute atomic E-state index is 0.739. The molecule has 0 spiro atoms. The van der Waals surface area contributed by atoms with Gasteiger partial charge in [-0.15, -0.1) is 0 Å². The summed E-state index contributed by atoms with van der Waals surface area (Å²) in [6.45, 7) is 1.96. The molecule has 1 aromatic carbocycles. The van der Waals surface area contributed by atoms with Gasteiger partial charge in [0.25, 0.3) is 0 Å². The van der Waals surface area contributed by atoms with E-state index < -0.39 is 0 Å². The number of benzene rings is 1. The van der Waals surface area contributed by atoms with Crippen LogP contribution in [0.25, 0.3) is 0 Å². The summed E-state index contributed by atoms with van der Waals surface area (Å²) >= 11 is 0. The van der Waals surface area contributed by atoms with Crippen LogP contribution in [0.15, 0.2) is 36.5 Å². The van der Waals surface area contributed by atoms with Gasteiger partial charge in [0, 0.05) is 11.9 Å². The highest BCUT2D eigenvalue weighted by molar-refractivity contribution is 5.43. The van der Waals surface area contributed by atoms with E-state index >= 15 is 0 Å². The van der Waals surface area contributed by atoms with Gasteiger partial charge < -0.3 is 15.5 Å². The molecule has 1 heterocycles. The van der Waals surface area contributed by atoms with E-state index in [0.29, 0.717) is 0 Å². The molecular weight excluding hydrogens is 176 g/mol. The first-order chi connectivity index (χ1) is 6.75. The first-order valence-corrected chi connectivity index (χ1v) is 4.43. The van der Waals surface area contributed by atoms with Gasteiger partial charge in [0.15, 0.2) is 0 Å². The molecule has 0 saturated heterocycles. The maximum Gasteiger partial charge on any atom is 0.147 e. The van der Waals surface area contributed by atoms with Gasteiger partial charge in [-0.05, 0) is 37.3 Å². The Morgan fingerprint density at radius 1 is 1.14 bits per heavy atom. The number of ether oxygens (including phenoxy) is 1. The lowest BCUT2D eigenvalue weighted by molar-refractivity contribution is 0.479. The Morgan fingerprint density at radius 3 is 2.43 bits per heavy atom. The molecule has 3 nitrogen and oxygen atoms in total. The highest BCUT2D eigenvalue weighted by Gasteiger charge is 2.00. The molecule has 0 aliphatic rings. The van der Waals surface area contributed by atoms with E-state index in [9.17, 15) is 0 Å². The van der Waals surface area contributed by atoms with Crippen molar-refractivity contribution >= 4 is 5.69 Å². The molecule has 2 aromatic rings. The second-order valence-corrected chi connectivity index (χ2v) is 3.14. The van der Waals surface area contributed by atoms with Crippen molar-refractivity contribution < 1.29 is 4.74 Å². The lowest BCUT2D eigenvalue weighted by atomic mass is 10.3. The van der Waals surface area contributed by atoms with Crippen LogP contribution in [0.3, 0.4) is 0 Å². The minimum atomic E-state index is 0.739. The summed E-state index contributed by atoms with van der Waals surface area (Å²) < 4.78 is 5.62. The fourth-order valence-electron chi connectivity index (χ4n) is 1.21. The topological polar surface area (TPSA) is 51.0 Å². The van der Waals surface area contributed by atoms with E-state index in [1.807, 2.05) is 43.5 Å². The second kappa shape index (κ2) is 3.46. The largest absolute Gasteiger partial charge is 0.455 e. The van der Waals surface area contributed by atoms with Crippen LogP contribution < -0.4 is 10.5 Å². The molecule has 0 radical (unpaired) electrons. The van der Waals surface area contributed by atoms with Crippen LogP contribution in [0.4, 0.5) is 5.69 Å². The Bertz CT molecular complexity index is 417. The van der Waals surface area contributed by atoms with Crippen LogP contribution in [0.5, 0.6) is 11.5 Å². The number of nitrogens with two attached hydrogens (primary N) is 1. The standard InChI is InChI=1S/C11H12N2O/c1-8-11(6-7-13-8)14-10-4-2-9(12)3-5-10/h2-7,13H,12H2,1H3. The number of aromatic nitrogens is 1. The summed E-state index contributed by atoms with van der Waals surface area (Å²) in [5, 5.41) is 0. The van der Waals surface area contributed by atoms with E-state index in [0.717, 1.165) is 22.9 Å². The monoisotopic (exact) mass is 188 g/mol. The molecule has 1 aromatic heterocycles. The molecule has 0 bridgehead atoms. The van der Waals surface area contributed by atoms with E-state index in [1.165, 1.54) is 0 Å². The molecule has 0 fully saturated rings. The predicted molar refractivity (Wildman–Crippen MR) is 56.5 cm³/mol. The molecule has 0 amide bonds. The number of anilines is 1. The first-order valence-electron chi connectivity index (χ1n) is 4.43. The molecule has 0 atom stereocenters. The maximum atomic E-state index is 5.62. The predicted octanol–water partition coefficient (Wildman–Crippen LogP) is 2.70. The number of hydrogen-bond donors (Lipinski definition) is 2. The molecule has 14 heavy (non-hydrogen) atoms. The minimum Gasteiger partial charge on any atom is -0.455 e. The molecule has 3 heteroatoms. The summed E-state index contributed by atoms with van der Waals surface area (Å²) in [6, 6.07) is 9.23. The van der Waals surface area contributed by atoms with Crippen LogP contribution >= 0.6 is 0 Å². The number of rotatable bonds is 2. The van der Waals surface area contributed by atoms with Gasteiger partial charge in [-0.1, -0.05) is 0 Å². The summed E-state index contributed by atoms with van der Waals surface area (Å²) in [5.41, 5.74) is 7.32. The maximum absolute atomic E-state index is 5.62. The quantitative estimate of drug-likeness (QED) is 0.712. The number of H-pyrrole nitrogens is 1. The van der Waals surface area contributed by atoms with Crippen molar-refractivity contribution in [3.63, 3.8) is 0 Å². The van der Waals surface area contributed by atoms with Gasteiger partial charge in [-0.25, -0.2) is 0 Å². The lowest BCUT2D eigenvalue weighted by Gasteiger charge is -2.04. The van der Waals surface area contributed by atoms with Gasteiger partial charge in [0.1, 0.15) is 11.5 Å². The third-order valence-electron chi connectivity index (χ3n) is 2.01. The second-order valence-electron chi connectivity index (χ2n) is 3.14. The molecular formula is C11H12N2O. The van der Waals surface area contributed by atoms with Crippen LogP contribution in [0, 0.1) is 6.92 Å². The zero-order valence-electron chi connectivity index (χ0n) is 7.95. The summed E-state index contributed by atoms with van der Waals surface area (Å²) in [5.74, 6) is 1.64. The van der Waals surface area contributed by atoms with Gasteiger partial charge in [-0.2, -0.15) is 0 Å². The Kier molecular flexibility index (Phi) is 2.14. The average molecular weight is 188 g/mol. The number of aromatic amines is 1. The summed E-state index contributed by atoms with van der Waals surface area (Å²) in [4.78, 5) is 3.05. The van der Waals surface area contributed by atoms with Crippen LogP contribution in [0.1, 0.15) is 5.69 Å². The van der Waals surface area contributed by atoms with E-state index in [4.69, 9.17) is 10.5 Å². The van der Waals surface area contributed by atoms with Crippen molar-refractivity contribution in [3.05, 3.63) is 42.2 Å². The van der Waals surface area contributed by atoms with Crippen molar-refractivity contribution in [3.8, 4) is 11.5 Å². The van der Waals surface area contributed by atoms with Gasteiger partial charge >= 0.3 is 0 Å². The fourth-order valence-corrected chi connectivity index (χ4v) is 1.21. The normalized spacial score (nSPS) is 10.1. The van der Waals surface area contributed by atoms with Gasteiger partial charge in [0.05, 0.1) is 5.69 Å². The Hall–Kier alpha value is -1.90. The molecule has 0 aliphatic heterocycles. The van der Waals surface area contributed by atoms with Crippen molar-refractivity contribution in [2.24, 2.45) is 0 Å². The Labute approximate surface area is 82.5 Å². The SMILES string of the molecule is Cc1[nH]ccc1Oc1ccc(N)cc1. The van der Waals surface area contributed by atoms with E-state index in [1.54, 1.807) is 0 Å². The molecule has 72 valence electrons. The molecule has 0 unspecified atom stereocenters. The Morgan fingerprint density at radius 2 is 1.86 bits per heavy atom. The Balaban J connectivity index is 2.19. The lowest BCUT2D eigenvalue weighted by Crippen LogP contribution is -1.86. The first kappa shape index (κ1) is 8.69. The molecule has 2 rings (SSSR count). The van der Waals surface area contributed by atoms with Crippen molar-refractivity contribution in [1.29, 1.82) is 0 Å². The van der Waals surface area contributed by atoms with Crippen LogP contribution in [0.2, 0.25) is 0 Å². The summed E-state index contributed by atoms with van der Waals surface area (Å²) in [7, 11) is 0. The summed E-state index contributed by atoms with van der Waals surface area (Å²) in [6.07, 6.45) is 1.85. The zero-order valence-corrected chi connectivity index (χ0v) is 7.95. The number of nitrogen functional groups attached to an aromatic ring is 1. The smallest absolute Gasteiger partial charge is 0.147 e. The van der Waals surface area contributed by atoms with Gasteiger partial charge in [0.2, 0.25) is 0 Å². The average Bonchev–Trinajstić information content (AvgIpc) is 2.56.